The van der Waals surface area contributed by atoms with E-state index in [4.69, 9.17) is 9.72 Å². The Morgan fingerprint density at radius 1 is 1.38 bits per heavy atom. The minimum Gasteiger partial charge on any atom is -0.395 e. The van der Waals surface area contributed by atoms with Gasteiger partial charge in [0.2, 0.25) is 0 Å². The number of nitrogens with zero attached hydrogens (tertiary/aromatic N) is 2. The minimum atomic E-state index is 0.0884. The summed E-state index contributed by atoms with van der Waals surface area (Å²) in [7, 11) is 0. The predicted molar refractivity (Wildman–Crippen MR) is 84.4 cm³/mol. The number of morpholine rings is 1. The normalized spacial score (nSPS) is 19.8. The Morgan fingerprint density at radius 2 is 2.19 bits per heavy atom. The summed E-state index contributed by atoms with van der Waals surface area (Å²) < 4.78 is 5.41. The van der Waals surface area contributed by atoms with Crippen LogP contribution in [0.5, 0.6) is 0 Å². The third kappa shape index (κ3) is 3.49. The fourth-order valence-corrected chi connectivity index (χ4v) is 3.31. The molecule has 2 aromatic rings. The summed E-state index contributed by atoms with van der Waals surface area (Å²) in [5.41, 5.74) is 3.45. The molecule has 0 unspecified atom stereocenters. The Kier molecular flexibility index (Phi) is 4.65. The zero-order valence-corrected chi connectivity index (χ0v) is 13.0. The molecule has 112 valence electrons. The van der Waals surface area contributed by atoms with E-state index in [1.165, 1.54) is 5.56 Å². The van der Waals surface area contributed by atoms with Gasteiger partial charge < -0.3 is 9.84 Å². The third-order valence-electron chi connectivity index (χ3n) is 3.80. The first-order chi connectivity index (χ1) is 10.3. The van der Waals surface area contributed by atoms with Crippen molar-refractivity contribution in [2.45, 2.75) is 19.5 Å². The number of ether oxygens (including phenoxy) is 1. The van der Waals surface area contributed by atoms with Gasteiger partial charge in [0.05, 0.1) is 38.1 Å². The Morgan fingerprint density at radius 3 is 2.95 bits per heavy atom. The molecular weight excluding hydrogens is 284 g/mol. The van der Waals surface area contributed by atoms with Gasteiger partial charge in [-0.25, -0.2) is 4.98 Å². The lowest BCUT2D eigenvalue weighted by Crippen LogP contribution is -2.46. The summed E-state index contributed by atoms with van der Waals surface area (Å²) in [6.45, 7) is 5.19. The van der Waals surface area contributed by atoms with E-state index >= 15 is 0 Å². The molecule has 0 saturated carbocycles. The average Bonchev–Trinajstić information content (AvgIpc) is 2.97. The van der Waals surface area contributed by atoms with Crippen molar-refractivity contribution in [2.24, 2.45) is 0 Å². The van der Waals surface area contributed by atoms with Crippen LogP contribution in [-0.2, 0) is 11.3 Å². The summed E-state index contributed by atoms with van der Waals surface area (Å²) in [4.78, 5) is 6.98. The van der Waals surface area contributed by atoms with Gasteiger partial charge in [0, 0.05) is 17.5 Å². The molecule has 1 saturated heterocycles. The smallest absolute Gasteiger partial charge is 0.107 e. The standard InChI is InChI=1S/C16H20N2O2S/c1-12-2-4-13(5-3-12)15-11-21-16(17-15)8-18-6-7-20-10-14(18)9-19/h2-5,11,14,19H,6-10H2,1H3/t14-/m1/s1. The molecule has 1 aromatic carbocycles. The maximum absolute atomic E-state index is 9.41. The molecule has 1 atom stereocenters. The second kappa shape index (κ2) is 6.66. The summed E-state index contributed by atoms with van der Waals surface area (Å²) in [5, 5.41) is 12.6. The van der Waals surface area contributed by atoms with Gasteiger partial charge >= 0.3 is 0 Å². The lowest BCUT2D eigenvalue weighted by Gasteiger charge is -2.33. The van der Waals surface area contributed by atoms with Gasteiger partial charge in [-0.05, 0) is 6.92 Å². The van der Waals surface area contributed by atoms with Crippen molar-refractivity contribution >= 4 is 11.3 Å². The van der Waals surface area contributed by atoms with Crippen molar-refractivity contribution in [3.63, 3.8) is 0 Å². The topological polar surface area (TPSA) is 45.6 Å². The molecule has 1 fully saturated rings. The van der Waals surface area contributed by atoms with Crippen LogP contribution < -0.4 is 0 Å². The number of hydrogen-bond acceptors (Lipinski definition) is 5. The Hall–Kier alpha value is -1.27. The van der Waals surface area contributed by atoms with Crippen LogP contribution in [0.1, 0.15) is 10.6 Å². The number of aryl methyl sites for hydroxylation is 1. The molecule has 5 heteroatoms. The molecule has 0 bridgehead atoms. The Balaban J connectivity index is 1.71. The summed E-state index contributed by atoms with van der Waals surface area (Å²) in [5.74, 6) is 0. The van der Waals surface area contributed by atoms with E-state index in [0.717, 1.165) is 36.0 Å². The lowest BCUT2D eigenvalue weighted by atomic mass is 10.1. The van der Waals surface area contributed by atoms with E-state index in [1.54, 1.807) is 11.3 Å². The molecule has 0 radical (unpaired) electrons. The number of aliphatic hydroxyl groups is 1. The van der Waals surface area contributed by atoms with Crippen LogP contribution in [-0.4, -0.2) is 47.4 Å². The number of benzene rings is 1. The van der Waals surface area contributed by atoms with Crippen LogP contribution in [0.4, 0.5) is 0 Å². The molecule has 0 amide bonds. The van der Waals surface area contributed by atoms with Crippen molar-refractivity contribution < 1.29 is 9.84 Å². The summed E-state index contributed by atoms with van der Waals surface area (Å²) in [6.07, 6.45) is 0. The monoisotopic (exact) mass is 304 g/mol. The zero-order valence-electron chi connectivity index (χ0n) is 12.2. The van der Waals surface area contributed by atoms with Crippen LogP contribution in [0.15, 0.2) is 29.6 Å². The van der Waals surface area contributed by atoms with Crippen LogP contribution in [0.3, 0.4) is 0 Å². The van der Waals surface area contributed by atoms with E-state index in [2.05, 4.69) is 41.5 Å². The number of rotatable bonds is 4. The summed E-state index contributed by atoms with van der Waals surface area (Å²) >= 11 is 1.68. The first-order valence-electron chi connectivity index (χ1n) is 7.20. The average molecular weight is 304 g/mol. The number of aromatic nitrogens is 1. The van der Waals surface area contributed by atoms with Crippen molar-refractivity contribution in [3.05, 3.63) is 40.2 Å². The fraction of sp³-hybridized carbons (Fsp3) is 0.438. The predicted octanol–water partition coefficient (Wildman–Crippen LogP) is 2.31. The molecule has 4 nitrogen and oxygen atoms in total. The van der Waals surface area contributed by atoms with Gasteiger partial charge in [0.15, 0.2) is 0 Å². The van der Waals surface area contributed by atoms with Crippen molar-refractivity contribution in [3.8, 4) is 11.3 Å². The SMILES string of the molecule is Cc1ccc(-c2csc(CN3CCOC[C@H]3CO)n2)cc1. The molecule has 1 aromatic heterocycles. The molecule has 0 aliphatic carbocycles. The molecular formula is C16H20N2O2S. The molecule has 0 spiro atoms. The summed E-state index contributed by atoms with van der Waals surface area (Å²) in [6, 6.07) is 8.53. The number of aliphatic hydroxyl groups excluding tert-OH is 1. The van der Waals surface area contributed by atoms with Gasteiger partial charge in [-0.1, -0.05) is 29.8 Å². The van der Waals surface area contributed by atoms with Gasteiger partial charge in [0.25, 0.3) is 0 Å². The van der Waals surface area contributed by atoms with Crippen LogP contribution in [0, 0.1) is 6.92 Å². The van der Waals surface area contributed by atoms with Crippen molar-refractivity contribution in [1.82, 2.24) is 9.88 Å². The first kappa shape index (κ1) is 14.7. The van der Waals surface area contributed by atoms with Crippen LogP contribution in [0.2, 0.25) is 0 Å². The second-order valence-electron chi connectivity index (χ2n) is 5.37. The quantitative estimate of drug-likeness (QED) is 0.941. The van der Waals surface area contributed by atoms with Crippen molar-refractivity contribution in [1.29, 1.82) is 0 Å². The molecule has 1 N–H and O–H groups in total. The number of thiazole rings is 1. The maximum Gasteiger partial charge on any atom is 0.107 e. The highest BCUT2D eigenvalue weighted by Gasteiger charge is 2.23. The number of hydrogen-bond donors (Lipinski definition) is 1. The fourth-order valence-electron chi connectivity index (χ4n) is 2.48. The Bertz CT molecular complexity index is 582. The second-order valence-corrected chi connectivity index (χ2v) is 6.32. The van der Waals surface area contributed by atoms with E-state index in [9.17, 15) is 5.11 Å². The molecule has 2 heterocycles. The molecule has 1 aliphatic rings. The Labute approximate surface area is 129 Å². The molecule has 1 aliphatic heterocycles. The van der Waals surface area contributed by atoms with Gasteiger partial charge in [-0.3, -0.25) is 4.90 Å². The van der Waals surface area contributed by atoms with E-state index < -0.39 is 0 Å². The van der Waals surface area contributed by atoms with Crippen LogP contribution >= 0.6 is 11.3 Å². The minimum absolute atomic E-state index is 0.0884. The van der Waals surface area contributed by atoms with Gasteiger partial charge in [0.1, 0.15) is 5.01 Å². The van der Waals surface area contributed by atoms with E-state index in [-0.39, 0.29) is 12.6 Å². The molecule has 3 rings (SSSR count). The van der Waals surface area contributed by atoms with E-state index in [1.807, 2.05) is 0 Å². The van der Waals surface area contributed by atoms with Gasteiger partial charge in [-0.2, -0.15) is 0 Å². The highest BCUT2D eigenvalue weighted by Crippen LogP contribution is 2.24. The largest absolute Gasteiger partial charge is 0.395 e. The highest BCUT2D eigenvalue weighted by atomic mass is 32.1. The van der Waals surface area contributed by atoms with Gasteiger partial charge in [-0.15, -0.1) is 11.3 Å². The maximum atomic E-state index is 9.41. The third-order valence-corrected chi connectivity index (χ3v) is 4.63. The highest BCUT2D eigenvalue weighted by molar-refractivity contribution is 7.09. The van der Waals surface area contributed by atoms with E-state index in [0.29, 0.717) is 6.61 Å². The lowest BCUT2D eigenvalue weighted by molar-refractivity contribution is -0.0312. The molecule has 21 heavy (non-hydrogen) atoms. The zero-order chi connectivity index (χ0) is 14.7. The van der Waals surface area contributed by atoms with Crippen molar-refractivity contribution in [2.75, 3.05) is 26.4 Å². The van der Waals surface area contributed by atoms with Crippen LogP contribution in [0.25, 0.3) is 11.3 Å². The first-order valence-corrected chi connectivity index (χ1v) is 8.08.